The first kappa shape index (κ1) is 34.5. The van der Waals surface area contributed by atoms with Crippen LogP contribution in [-0.4, -0.2) is 25.3 Å². The predicted octanol–water partition coefficient (Wildman–Crippen LogP) is 9.85. The molecule has 230 valence electrons. The van der Waals surface area contributed by atoms with Gasteiger partial charge in [-0.05, 0) is 66.5 Å². The number of hydrogen-bond donors (Lipinski definition) is 1. The standard InChI is InChI=1S/C36H56O5/c1-6-7-8-9-10-11-12-13-14-15-16-17-18-19-36(38)41-33-23-21-31(27-35(33)40-5)25-29(3)28(2)24-30-20-22-32(37)34(26-30)39-4/h20-23,26-29,37H,6-19,24-25H2,1-5H3/t28-,29+/m1/s1. The summed E-state index contributed by atoms with van der Waals surface area (Å²) in [7, 11) is 3.19. The summed E-state index contributed by atoms with van der Waals surface area (Å²) in [6.07, 6.45) is 18.9. The normalized spacial score (nSPS) is 12.6. The molecular weight excluding hydrogens is 512 g/mol. The highest BCUT2D eigenvalue weighted by molar-refractivity contribution is 5.73. The zero-order valence-electron chi connectivity index (χ0n) is 26.5. The van der Waals surface area contributed by atoms with Crippen molar-refractivity contribution in [1.29, 1.82) is 0 Å². The van der Waals surface area contributed by atoms with Crippen molar-refractivity contribution < 1.29 is 24.1 Å². The minimum atomic E-state index is -0.189. The number of carbonyl (C=O) groups excluding carboxylic acids is 1. The van der Waals surface area contributed by atoms with Crippen molar-refractivity contribution in [1.82, 2.24) is 0 Å². The van der Waals surface area contributed by atoms with E-state index in [9.17, 15) is 9.90 Å². The molecule has 0 saturated heterocycles. The molecule has 0 aromatic heterocycles. The number of ether oxygens (including phenoxy) is 3. The molecular formula is C36H56O5. The van der Waals surface area contributed by atoms with E-state index in [4.69, 9.17) is 14.2 Å². The summed E-state index contributed by atoms with van der Waals surface area (Å²) >= 11 is 0. The second-order valence-electron chi connectivity index (χ2n) is 11.8. The lowest BCUT2D eigenvalue weighted by Crippen LogP contribution is -2.14. The smallest absolute Gasteiger partial charge is 0.311 e. The first-order valence-electron chi connectivity index (χ1n) is 16.1. The van der Waals surface area contributed by atoms with E-state index in [-0.39, 0.29) is 11.7 Å². The quantitative estimate of drug-likeness (QED) is 0.0870. The maximum atomic E-state index is 12.5. The highest BCUT2D eigenvalue weighted by Gasteiger charge is 2.17. The molecule has 0 aliphatic heterocycles. The fourth-order valence-electron chi connectivity index (χ4n) is 5.38. The fourth-order valence-corrected chi connectivity index (χ4v) is 5.38. The van der Waals surface area contributed by atoms with E-state index >= 15 is 0 Å². The second-order valence-corrected chi connectivity index (χ2v) is 11.8. The topological polar surface area (TPSA) is 65.0 Å². The first-order valence-corrected chi connectivity index (χ1v) is 16.1. The van der Waals surface area contributed by atoms with Crippen molar-refractivity contribution in [3.8, 4) is 23.0 Å². The number of aromatic hydroxyl groups is 1. The Morgan fingerprint density at radius 2 is 1.12 bits per heavy atom. The van der Waals surface area contributed by atoms with Gasteiger partial charge in [-0.25, -0.2) is 0 Å². The highest BCUT2D eigenvalue weighted by atomic mass is 16.6. The molecule has 0 aliphatic carbocycles. The van der Waals surface area contributed by atoms with Crippen LogP contribution in [-0.2, 0) is 17.6 Å². The van der Waals surface area contributed by atoms with Crippen molar-refractivity contribution in [2.24, 2.45) is 11.8 Å². The van der Waals surface area contributed by atoms with Gasteiger partial charge in [-0.15, -0.1) is 0 Å². The van der Waals surface area contributed by atoms with Gasteiger partial charge in [-0.1, -0.05) is 110 Å². The van der Waals surface area contributed by atoms with Gasteiger partial charge in [0, 0.05) is 6.42 Å². The Morgan fingerprint density at radius 1 is 0.659 bits per heavy atom. The summed E-state index contributed by atoms with van der Waals surface area (Å²) in [6, 6.07) is 11.4. The molecule has 2 aromatic rings. The lowest BCUT2D eigenvalue weighted by atomic mass is 9.85. The van der Waals surface area contributed by atoms with Gasteiger partial charge in [0.2, 0.25) is 0 Å². The van der Waals surface area contributed by atoms with Crippen molar-refractivity contribution in [2.45, 2.75) is 124 Å². The Kier molecular flexibility index (Phi) is 17.0. The Bertz CT molecular complexity index is 1000. The molecule has 2 atom stereocenters. The zero-order chi connectivity index (χ0) is 29.9. The number of unbranched alkanes of at least 4 members (excludes halogenated alkanes) is 12. The summed E-state index contributed by atoms with van der Waals surface area (Å²) in [4.78, 5) is 12.5. The minimum absolute atomic E-state index is 0.161. The molecule has 2 rings (SSSR count). The van der Waals surface area contributed by atoms with Crippen molar-refractivity contribution in [2.75, 3.05) is 14.2 Å². The van der Waals surface area contributed by atoms with Crippen LogP contribution in [0, 0.1) is 11.8 Å². The average molecular weight is 569 g/mol. The van der Waals surface area contributed by atoms with Crippen LogP contribution in [0.2, 0.25) is 0 Å². The summed E-state index contributed by atoms with van der Waals surface area (Å²) in [6.45, 7) is 6.76. The van der Waals surface area contributed by atoms with Crippen LogP contribution >= 0.6 is 0 Å². The average Bonchev–Trinajstić information content (AvgIpc) is 2.97. The summed E-state index contributed by atoms with van der Waals surface area (Å²) < 4.78 is 16.5. The molecule has 0 heterocycles. The van der Waals surface area contributed by atoms with Crippen LogP contribution in [0.5, 0.6) is 23.0 Å². The molecule has 0 fully saturated rings. The summed E-state index contributed by atoms with van der Waals surface area (Å²) in [5.74, 6) is 2.42. The van der Waals surface area contributed by atoms with Crippen LogP contribution in [0.4, 0.5) is 0 Å². The lowest BCUT2D eigenvalue weighted by molar-refractivity contribution is -0.134. The van der Waals surface area contributed by atoms with Gasteiger partial charge >= 0.3 is 5.97 Å². The number of benzene rings is 2. The number of phenols is 1. The van der Waals surface area contributed by atoms with Crippen LogP contribution in [0.3, 0.4) is 0 Å². The molecule has 0 spiro atoms. The van der Waals surface area contributed by atoms with Crippen LogP contribution in [0.1, 0.15) is 122 Å². The number of esters is 1. The van der Waals surface area contributed by atoms with E-state index in [1.807, 2.05) is 30.3 Å². The SMILES string of the molecule is CCCCCCCCCCCCCCCC(=O)Oc1ccc(C[C@H](C)[C@H](C)Cc2ccc(O)c(OC)c2)cc1OC. The van der Waals surface area contributed by atoms with E-state index in [1.54, 1.807) is 20.3 Å². The number of methoxy groups -OCH3 is 2. The maximum absolute atomic E-state index is 12.5. The van der Waals surface area contributed by atoms with Gasteiger partial charge in [-0.3, -0.25) is 4.79 Å². The third-order valence-corrected chi connectivity index (χ3v) is 8.27. The van der Waals surface area contributed by atoms with Gasteiger partial charge in [0.15, 0.2) is 23.0 Å². The molecule has 5 nitrogen and oxygen atoms in total. The Hall–Kier alpha value is -2.69. The number of hydrogen-bond acceptors (Lipinski definition) is 5. The van der Waals surface area contributed by atoms with E-state index in [1.165, 1.54) is 70.6 Å². The molecule has 0 bridgehead atoms. The monoisotopic (exact) mass is 568 g/mol. The third-order valence-electron chi connectivity index (χ3n) is 8.27. The van der Waals surface area contributed by atoms with Gasteiger partial charge in [0.25, 0.3) is 0 Å². The molecule has 2 aromatic carbocycles. The van der Waals surface area contributed by atoms with Crippen LogP contribution in [0.15, 0.2) is 36.4 Å². The fraction of sp³-hybridized carbons (Fsp3) is 0.639. The predicted molar refractivity (Wildman–Crippen MR) is 169 cm³/mol. The van der Waals surface area contributed by atoms with Gasteiger partial charge in [0.05, 0.1) is 14.2 Å². The number of carbonyl (C=O) groups is 1. The van der Waals surface area contributed by atoms with Crippen molar-refractivity contribution >= 4 is 5.97 Å². The molecule has 0 aliphatic rings. The molecule has 0 saturated carbocycles. The molecule has 1 N–H and O–H groups in total. The maximum Gasteiger partial charge on any atom is 0.311 e. The Balaban J connectivity index is 1.67. The second kappa shape index (κ2) is 20.2. The van der Waals surface area contributed by atoms with E-state index in [0.29, 0.717) is 35.5 Å². The number of rotatable bonds is 22. The van der Waals surface area contributed by atoms with E-state index < -0.39 is 0 Å². The largest absolute Gasteiger partial charge is 0.504 e. The Labute approximate surface area is 250 Å². The van der Waals surface area contributed by atoms with Crippen molar-refractivity contribution in [3.05, 3.63) is 47.5 Å². The van der Waals surface area contributed by atoms with Gasteiger partial charge in [-0.2, -0.15) is 0 Å². The molecule has 0 amide bonds. The molecule has 5 heteroatoms. The molecule has 0 unspecified atom stereocenters. The lowest BCUT2D eigenvalue weighted by Gasteiger charge is -2.21. The van der Waals surface area contributed by atoms with Gasteiger partial charge in [0.1, 0.15) is 0 Å². The molecule has 41 heavy (non-hydrogen) atoms. The minimum Gasteiger partial charge on any atom is -0.504 e. The first-order chi connectivity index (χ1) is 19.9. The molecule has 0 radical (unpaired) electrons. The van der Waals surface area contributed by atoms with Crippen LogP contribution in [0.25, 0.3) is 0 Å². The van der Waals surface area contributed by atoms with Crippen molar-refractivity contribution in [3.63, 3.8) is 0 Å². The zero-order valence-corrected chi connectivity index (χ0v) is 26.5. The van der Waals surface area contributed by atoms with Crippen LogP contribution < -0.4 is 14.2 Å². The Morgan fingerprint density at radius 3 is 1.63 bits per heavy atom. The highest BCUT2D eigenvalue weighted by Crippen LogP contribution is 2.32. The summed E-state index contributed by atoms with van der Waals surface area (Å²) in [5, 5.41) is 9.86. The van der Waals surface area contributed by atoms with E-state index in [0.717, 1.165) is 36.8 Å². The summed E-state index contributed by atoms with van der Waals surface area (Å²) in [5.41, 5.74) is 2.29. The number of phenolic OH excluding ortho intramolecular Hbond substituents is 1. The van der Waals surface area contributed by atoms with Gasteiger partial charge < -0.3 is 19.3 Å². The third kappa shape index (κ3) is 13.7. The van der Waals surface area contributed by atoms with E-state index in [2.05, 4.69) is 20.8 Å².